The Kier molecular flexibility index (Phi) is 8.00. The van der Waals surface area contributed by atoms with E-state index < -0.39 is 15.3 Å². The average Bonchev–Trinajstić information content (AvgIpc) is 1.90. The molecule has 0 fully saturated rings. The molecule has 0 atom stereocenters. The van der Waals surface area contributed by atoms with E-state index in [1.807, 2.05) is 18.7 Å². The van der Waals surface area contributed by atoms with Crippen LogP contribution < -0.4 is 0 Å². The third-order valence-corrected chi connectivity index (χ3v) is 4.17. The second-order valence-electron chi connectivity index (χ2n) is 1.40. The van der Waals surface area contributed by atoms with Crippen molar-refractivity contribution in [3.05, 3.63) is 10.4 Å². The molecule has 60 valence electrons. The maximum absolute atomic E-state index is 5.36. The molecule has 0 aromatic rings. The van der Waals surface area contributed by atoms with Crippen molar-refractivity contribution in [3.63, 3.8) is 0 Å². The molecule has 0 saturated heterocycles. The summed E-state index contributed by atoms with van der Waals surface area (Å²) < 4.78 is 10.6. The molecule has 4 heteroatoms. The van der Waals surface area contributed by atoms with Crippen LogP contribution in [0.1, 0.15) is 13.8 Å². The molecule has 0 bridgehead atoms. The summed E-state index contributed by atoms with van der Waals surface area (Å²) in [5.74, 6) is 0. The van der Waals surface area contributed by atoms with E-state index in [0.29, 0.717) is 13.2 Å². The molecule has 0 saturated carbocycles. The molecule has 0 heterocycles. The summed E-state index contributed by atoms with van der Waals surface area (Å²) in [7, 11) is 0. The molecule has 0 aliphatic rings. The predicted octanol–water partition coefficient (Wildman–Crippen LogP) is 1.84. The Morgan fingerprint density at radius 3 is 2.10 bits per heavy atom. The zero-order valence-electron chi connectivity index (χ0n) is 6.21. The molecule has 0 unspecified atom stereocenters. The van der Waals surface area contributed by atoms with Crippen LogP contribution in [0.25, 0.3) is 0 Å². The Morgan fingerprint density at radius 2 is 1.80 bits per heavy atom. The van der Waals surface area contributed by atoms with E-state index in [2.05, 4.69) is 0 Å². The Hall–Kier alpha value is 0.508. The predicted molar refractivity (Wildman–Crippen MR) is 44.0 cm³/mol. The molecule has 0 aliphatic carbocycles. The maximum atomic E-state index is 5.36. The van der Waals surface area contributed by atoms with Gasteiger partial charge in [-0.1, -0.05) is 0 Å². The van der Waals surface area contributed by atoms with Gasteiger partial charge in [0.05, 0.1) is 0 Å². The van der Waals surface area contributed by atoms with Crippen LogP contribution in [0.5, 0.6) is 0 Å². The summed E-state index contributed by atoms with van der Waals surface area (Å²) >= 11 is 3.75. The normalized spacial score (nSPS) is 11.6. The van der Waals surface area contributed by atoms with Crippen molar-refractivity contribution < 1.29 is 7.45 Å². The molecule has 0 spiro atoms. The van der Waals surface area contributed by atoms with Gasteiger partial charge in [0.25, 0.3) is 0 Å². The number of hydrogen-bond acceptors (Lipinski definition) is 2. The van der Waals surface area contributed by atoms with Gasteiger partial charge in [-0.05, 0) is 0 Å². The first-order chi connectivity index (χ1) is 4.85. The topological polar surface area (TPSA) is 18.5 Å². The van der Waals surface area contributed by atoms with Crippen LogP contribution in [0, 0.1) is 0 Å². The van der Waals surface area contributed by atoms with Crippen molar-refractivity contribution in [2.24, 2.45) is 0 Å². The minimum atomic E-state index is -1.61. The van der Waals surface area contributed by atoms with E-state index in [-0.39, 0.29) is 0 Å². The van der Waals surface area contributed by atoms with Gasteiger partial charge in [0, 0.05) is 0 Å². The van der Waals surface area contributed by atoms with Gasteiger partial charge in [0.15, 0.2) is 0 Å². The number of rotatable bonds is 5. The fourth-order valence-electron chi connectivity index (χ4n) is 0.424. The minimum absolute atomic E-state index is 0.696. The van der Waals surface area contributed by atoms with Gasteiger partial charge in [-0.3, -0.25) is 0 Å². The summed E-state index contributed by atoms with van der Waals surface area (Å²) in [5.41, 5.74) is 1.46. The van der Waals surface area contributed by atoms with Gasteiger partial charge in [0.2, 0.25) is 0 Å². The van der Waals surface area contributed by atoms with Crippen molar-refractivity contribution >= 4 is 26.9 Å². The second-order valence-corrected chi connectivity index (χ2v) is 4.55. The molecular weight excluding hydrogens is 214 g/mol. The Labute approximate surface area is 72.1 Å². The molecular formula is C6H12AsClO2. The second kappa shape index (κ2) is 7.61. The molecule has 0 radical (unpaired) electrons. The van der Waals surface area contributed by atoms with E-state index in [1.165, 1.54) is 5.54 Å². The average molecular weight is 227 g/mol. The molecule has 0 amide bonds. The van der Waals surface area contributed by atoms with Crippen molar-refractivity contribution in [2.45, 2.75) is 13.8 Å². The molecule has 2 nitrogen and oxygen atoms in total. The number of hydrogen-bond donors (Lipinski definition) is 0. The van der Waals surface area contributed by atoms with Crippen molar-refractivity contribution in [2.75, 3.05) is 13.2 Å². The molecule has 0 aromatic heterocycles. The van der Waals surface area contributed by atoms with E-state index in [9.17, 15) is 0 Å². The van der Waals surface area contributed by atoms with Gasteiger partial charge in [-0.15, -0.1) is 0 Å². The van der Waals surface area contributed by atoms with Crippen LogP contribution in [0.15, 0.2) is 10.4 Å². The van der Waals surface area contributed by atoms with Crippen LogP contribution in [0.2, 0.25) is 0 Å². The summed E-state index contributed by atoms with van der Waals surface area (Å²) in [5, 5.41) is 0. The van der Waals surface area contributed by atoms with E-state index in [4.69, 9.17) is 19.1 Å². The Balaban J connectivity index is 3.50. The van der Waals surface area contributed by atoms with Crippen LogP contribution >= 0.6 is 11.6 Å². The summed E-state index contributed by atoms with van der Waals surface area (Å²) in [6, 6.07) is 0. The van der Waals surface area contributed by atoms with E-state index in [0.717, 1.165) is 0 Å². The summed E-state index contributed by atoms with van der Waals surface area (Å²) in [6.07, 6.45) is 0. The van der Waals surface area contributed by atoms with Crippen LogP contribution in [0.4, 0.5) is 0 Å². The molecule has 0 aliphatic heterocycles. The van der Waals surface area contributed by atoms with E-state index >= 15 is 0 Å². The summed E-state index contributed by atoms with van der Waals surface area (Å²) in [4.78, 5) is 1.81. The van der Waals surface area contributed by atoms with Crippen molar-refractivity contribution in [1.82, 2.24) is 0 Å². The first kappa shape index (κ1) is 10.5. The standard InChI is InChI=1S/C6H12AsClO2/c1-3-9-7(5-6-8)10-4-2/h5-6H,3-4H2,1-2H3/b6-5+. The molecule has 0 rings (SSSR count). The monoisotopic (exact) mass is 226 g/mol. The quantitative estimate of drug-likeness (QED) is 0.666. The molecule has 10 heavy (non-hydrogen) atoms. The van der Waals surface area contributed by atoms with Crippen LogP contribution in [-0.4, -0.2) is 28.5 Å². The first-order valence-corrected chi connectivity index (χ1v) is 6.22. The van der Waals surface area contributed by atoms with Crippen LogP contribution in [-0.2, 0) is 7.45 Å². The SMILES string of the molecule is CCO[As](/C=C/Cl)OCC. The van der Waals surface area contributed by atoms with E-state index in [1.54, 1.807) is 0 Å². The van der Waals surface area contributed by atoms with Gasteiger partial charge >= 0.3 is 71.8 Å². The fraction of sp³-hybridized carbons (Fsp3) is 0.667. The van der Waals surface area contributed by atoms with Crippen molar-refractivity contribution in [1.29, 1.82) is 0 Å². The Bertz CT molecular complexity index is 91.7. The fourth-order valence-corrected chi connectivity index (χ4v) is 2.68. The molecule has 0 aromatic carbocycles. The summed E-state index contributed by atoms with van der Waals surface area (Å²) in [6.45, 7) is 5.29. The third-order valence-electron chi connectivity index (χ3n) is 0.691. The third kappa shape index (κ3) is 5.31. The molecule has 0 N–H and O–H groups in total. The Morgan fingerprint density at radius 1 is 1.30 bits per heavy atom. The number of halogens is 1. The van der Waals surface area contributed by atoms with Crippen molar-refractivity contribution in [3.8, 4) is 0 Å². The van der Waals surface area contributed by atoms with Gasteiger partial charge in [-0.2, -0.15) is 0 Å². The van der Waals surface area contributed by atoms with Gasteiger partial charge in [0.1, 0.15) is 0 Å². The van der Waals surface area contributed by atoms with Gasteiger partial charge in [-0.25, -0.2) is 0 Å². The zero-order chi connectivity index (χ0) is 7.82. The zero-order valence-corrected chi connectivity index (χ0v) is 8.84. The van der Waals surface area contributed by atoms with Crippen LogP contribution in [0.3, 0.4) is 0 Å². The first-order valence-electron chi connectivity index (χ1n) is 3.17. The van der Waals surface area contributed by atoms with Gasteiger partial charge < -0.3 is 0 Å².